The van der Waals surface area contributed by atoms with Crippen LogP contribution in [-0.2, 0) is 4.79 Å². The standard InChI is InChI=1S/C12H22O2/c1-3-4-5-6-7-8-9-10-11(2)12(13)14/h2-10H2,1H3,(H,13,14). The lowest BCUT2D eigenvalue weighted by Gasteiger charge is -2.01. The van der Waals surface area contributed by atoms with Crippen molar-refractivity contribution in [2.75, 3.05) is 0 Å². The number of carboxylic acids is 1. The fraction of sp³-hybridized carbons (Fsp3) is 0.750. The number of rotatable bonds is 9. The second kappa shape index (κ2) is 8.79. The lowest BCUT2D eigenvalue weighted by Crippen LogP contribution is -1.98. The van der Waals surface area contributed by atoms with Crippen molar-refractivity contribution in [2.24, 2.45) is 0 Å². The first-order chi connectivity index (χ1) is 6.68. The van der Waals surface area contributed by atoms with Crippen LogP contribution in [0.1, 0.15) is 58.3 Å². The minimum Gasteiger partial charge on any atom is -0.478 e. The molecule has 0 radical (unpaired) electrons. The summed E-state index contributed by atoms with van der Waals surface area (Å²) < 4.78 is 0. The van der Waals surface area contributed by atoms with Gasteiger partial charge in [-0.2, -0.15) is 0 Å². The van der Waals surface area contributed by atoms with Gasteiger partial charge in [0.05, 0.1) is 0 Å². The molecule has 0 fully saturated rings. The molecule has 0 amide bonds. The zero-order chi connectivity index (χ0) is 10.8. The summed E-state index contributed by atoms with van der Waals surface area (Å²) in [6.07, 6.45) is 9.17. The topological polar surface area (TPSA) is 37.3 Å². The van der Waals surface area contributed by atoms with E-state index in [2.05, 4.69) is 13.5 Å². The minimum absolute atomic E-state index is 0.346. The van der Waals surface area contributed by atoms with Crippen molar-refractivity contribution >= 4 is 5.97 Å². The molecule has 0 aromatic rings. The fourth-order valence-corrected chi connectivity index (χ4v) is 1.40. The smallest absolute Gasteiger partial charge is 0.330 e. The van der Waals surface area contributed by atoms with Crippen LogP contribution in [0.15, 0.2) is 12.2 Å². The van der Waals surface area contributed by atoms with Crippen LogP contribution in [0.4, 0.5) is 0 Å². The molecule has 0 aliphatic carbocycles. The molecule has 14 heavy (non-hydrogen) atoms. The van der Waals surface area contributed by atoms with Crippen molar-refractivity contribution < 1.29 is 9.90 Å². The van der Waals surface area contributed by atoms with E-state index in [-0.39, 0.29) is 0 Å². The number of carbonyl (C=O) groups is 1. The first-order valence-corrected chi connectivity index (χ1v) is 5.59. The molecule has 0 aromatic heterocycles. The first kappa shape index (κ1) is 13.2. The number of hydrogen-bond acceptors (Lipinski definition) is 1. The van der Waals surface area contributed by atoms with Gasteiger partial charge in [-0.05, 0) is 12.8 Å². The normalized spacial score (nSPS) is 10.1. The second-order valence-corrected chi connectivity index (χ2v) is 3.78. The zero-order valence-electron chi connectivity index (χ0n) is 9.22. The van der Waals surface area contributed by atoms with Crippen molar-refractivity contribution in [1.29, 1.82) is 0 Å². The van der Waals surface area contributed by atoms with Gasteiger partial charge in [0.2, 0.25) is 0 Å². The van der Waals surface area contributed by atoms with E-state index < -0.39 is 5.97 Å². The Morgan fingerprint density at radius 2 is 1.57 bits per heavy atom. The molecule has 2 heteroatoms. The maximum atomic E-state index is 10.4. The Hall–Kier alpha value is -0.790. The van der Waals surface area contributed by atoms with Crippen LogP contribution in [0, 0.1) is 0 Å². The van der Waals surface area contributed by atoms with Crippen LogP contribution >= 0.6 is 0 Å². The van der Waals surface area contributed by atoms with Gasteiger partial charge in [0, 0.05) is 5.57 Å². The maximum Gasteiger partial charge on any atom is 0.330 e. The van der Waals surface area contributed by atoms with Crippen LogP contribution in [0.3, 0.4) is 0 Å². The number of unbranched alkanes of at least 4 members (excludes halogenated alkanes) is 6. The number of hydrogen-bond donors (Lipinski definition) is 1. The molecule has 1 N–H and O–H groups in total. The summed E-state index contributed by atoms with van der Waals surface area (Å²) in [5, 5.41) is 8.56. The third-order valence-corrected chi connectivity index (χ3v) is 2.38. The molecule has 0 heterocycles. The molecule has 0 unspecified atom stereocenters. The van der Waals surface area contributed by atoms with E-state index in [1.807, 2.05) is 0 Å². The molecular formula is C12H22O2. The highest BCUT2D eigenvalue weighted by Crippen LogP contribution is 2.11. The largest absolute Gasteiger partial charge is 0.478 e. The van der Waals surface area contributed by atoms with Crippen molar-refractivity contribution in [1.82, 2.24) is 0 Å². The molecule has 0 rings (SSSR count). The molecule has 0 aromatic carbocycles. The average molecular weight is 198 g/mol. The highest BCUT2D eigenvalue weighted by Gasteiger charge is 2.02. The highest BCUT2D eigenvalue weighted by atomic mass is 16.4. The average Bonchev–Trinajstić information content (AvgIpc) is 2.16. The van der Waals surface area contributed by atoms with Crippen LogP contribution in [0.5, 0.6) is 0 Å². The van der Waals surface area contributed by atoms with E-state index >= 15 is 0 Å². The maximum absolute atomic E-state index is 10.4. The molecule has 82 valence electrons. The monoisotopic (exact) mass is 198 g/mol. The van der Waals surface area contributed by atoms with E-state index in [9.17, 15) is 4.79 Å². The molecule has 0 saturated carbocycles. The molecule has 0 spiro atoms. The molecule has 2 nitrogen and oxygen atoms in total. The van der Waals surface area contributed by atoms with Gasteiger partial charge in [-0.3, -0.25) is 0 Å². The SMILES string of the molecule is C=C(CCCCCCCCC)C(=O)O. The Morgan fingerprint density at radius 3 is 2.07 bits per heavy atom. The Morgan fingerprint density at radius 1 is 1.07 bits per heavy atom. The van der Waals surface area contributed by atoms with E-state index in [1.165, 1.54) is 32.1 Å². The third-order valence-electron chi connectivity index (χ3n) is 2.38. The zero-order valence-corrected chi connectivity index (χ0v) is 9.22. The minimum atomic E-state index is -0.851. The second-order valence-electron chi connectivity index (χ2n) is 3.78. The lowest BCUT2D eigenvalue weighted by atomic mass is 10.1. The Labute approximate surface area is 87.0 Å². The Kier molecular flexibility index (Phi) is 8.30. The fourth-order valence-electron chi connectivity index (χ4n) is 1.40. The van der Waals surface area contributed by atoms with E-state index in [1.54, 1.807) is 0 Å². The summed E-state index contributed by atoms with van der Waals surface area (Å²) >= 11 is 0. The number of carboxylic acid groups (broad SMARTS) is 1. The van der Waals surface area contributed by atoms with Gasteiger partial charge in [-0.15, -0.1) is 0 Å². The van der Waals surface area contributed by atoms with Crippen molar-refractivity contribution in [2.45, 2.75) is 58.3 Å². The predicted molar refractivity (Wildman–Crippen MR) is 59.4 cm³/mol. The van der Waals surface area contributed by atoms with Gasteiger partial charge >= 0.3 is 5.97 Å². The molecule has 0 aliphatic heterocycles. The molecule has 0 bridgehead atoms. The summed E-state index contributed by atoms with van der Waals surface area (Å²) in [7, 11) is 0. The quantitative estimate of drug-likeness (QED) is 0.452. The summed E-state index contributed by atoms with van der Waals surface area (Å²) in [5.74, 6) is -0.851. The Bertz CT molecular complexity index is 173. The van der Waals surface area contributed by atoms with Crippen molar-refractivity contribution in [3.63, 3.8) is 0 Å². The lowest BCUT2D eigenvalue weighted by molar-refractivity contribution is -0.132. The van der Waals surface area contributed by atoms with E-state index in [4.69, 9.17) is 5.11 Å². The molecule has 0 saturated heterocycles. The summed E-state index contributed by atoms with van der Waals surface area (Å²) in [6, 6.07) is 0. The van der Waals surface area contributed by atoms with Crippen LogP contribution < -0.4 is 0 Å². The molecular weight excluding hydrogens is 176 g/mol. The molecule has 0 aliphatic rings. The van der Waals surface area contributed by atoms with Gasteiger partial charge < -0.3 is 5.11 Å². The van der Waals surface area contributed by atoms with Gasteiger partial charge in [0.15, 0.2) is 0 Å². The van der Waals surface area contributed by atoms with Crippen molar-refractivity contribution in [3.8, 4) is 0 Å². The van der Waals surface area contributed by atoms with E-state index in [0.29, 0.717) is 12.0 Å². The van der Waals surface area contributed by atoms with Crippen LogP contribution in [0.2, 0.25) is 0 Å². The first-order valence-electron chi connectivity index (χ1n) is 5.59. The van der Waals surface area contributed by atoms with Gasteiger partial charge in [-0.1, -0.05) is 52.0 Å². The van der Waals surface area contributed by atoms with Crippen molar-refractivity contribution in [3.05, 3.63) is 12.2 Å². The predicted octanol–water partition coefficient (Wildman–Crippen LogP) is 3.77. The summed E-state index contributed by atoms with van der Waals surface area (Å²) in [5.41, 5.74) is 0.346. The Balaban J connectivity index is 3.13. The highest BCUT2D eigenvalue weighted by molar-refractivity contribution is 5.85. The van der Waals surface area contributed by atoms with Gasteiger partial charge in [0.1, 0.15) is 0 Å². The summed E-state index contributed by atoms with van der Waals surface area (Å²) in [4.78, 5) is 10.4. The summed E-state index contributed by atoms with van der Waals surface area (Å²) in [6.45, 7) is 5.71. The van der Waals surface area contributed by atoms with Crippen LogP contribution in [-0.4, -0.2) is 11.1 Å². The van der Waals surface area contributed by atoms with Crippen LogP contribution in [0.25, 0.3) is 0 Å². The number of aliphatic carboxylic acids is 1. The molecule has 0 atom stereocenters. The van der Waals surface area contributed by atoms with Gasteiger partial charge in [0.25, 0.3) is 0 Å². The van der Waals surface area contributed by atoms with E-state index in [0.717, 1.165) is 12.8 Å². The third kappa shape index (κ3) is 7.84. The van der Waals surface area contributed by atoms with Gasteiger partial charge in [-0.25, -0.2) is 4.79 Å².